The smallest absolute Gasteiger partial charge is 0.318 e. The lowest BCUT2D eigenvalue weighted by Crippen LogP contribution is -2.49. The van der Waals surface area contributed by atoms with Crippen LogP contribution in [0.3, 0.4) is 0 Å². The molecular weight excluding hydrogens is 280 g/mol. The van der Waals surface area contributed by atoms with Gasteiger partial charge >= 0.3 is 5.97 Å². The Labute approximate surface area is 121 Å². The van der Waals surface area contributed by atoms with E-state index < -0.39 is 22.7 Å². The van der Waals surface area contributed by atoms with Crippen LogP contribution >= 0.6 is 0 Å². The molecule has 1 aliphatic carbocycles. The number of hydrogen-bond donors (Lipinski definition) is 1. The summed E-state index contributed by atoms with van der Waals surface area (Å²) in [7, 11) is -2.14. The van der Waals surface area contributed by atoms with Gasteiger partial charge in [0.15, 0.2) is 0 Å². The quantitative estimate of drug-likeness (QED) is 0.774. The van der Waals surface area contributed by atoms with E-state index in [1.165, 1.54) is 4.31 Å². The summed E-state index contributed by atoms with van der Waals surface area (Å²) in [6.45, 7) is 3.51. The summed E-state index contributed by atoms with van der Waals surface area (Å²) < 4.78 is 27.6. The highest BCUT2D eigenvalue weighted by atomic mass is 32.2. The fourth-order valence-corrected chi connectivity index (χ4v) is 4.33. The van der Waals surface area contributed by atoms with Crippen molar-refractivity contribution in [2.45, 2.75) is 52.0 Å². The van der Waals surface area contributed by atoms with Gasteiger partial charge in [0.1, 0.15) is 6.54 Å². The lowest BCUT2D eigenvalue weighted by molar-refractivity contribution is -0.137. The van der Waals surface area contributed by atoms with Crippen molar-refractivity contribution in [1.29, 1.82) is 0 Å². The van der Waals surface area contributed by atoms with Crippen molar-refractivity contribution >= 4 is 16.2 Å². The second kappa shape index (κ2) is 7.38. The first-order valence-corrected chi connectivity index (χ1v) is 8.59. The Kier molecular flexibility index (Phi) is 6.42. The number of carbonyl (C=O) groups is 1. The zero-order valence-corrected chi connectivity index (χ0v) is 13.4. The number of carboxylic acids is 1. The van der Waals surface area contributed by atoms with Gasteiger partial charge in [-0.2, -0.15) is 17.0 Å². The number of rotatable bonds is 7. The average molecular weight is 306 g/mol. The Bertz CT molecular complexity index is 416. The lowest BCUT2D eigenvalue weighted by Gasteiger charge is -2.34. The second-order valence-electron chi connectivity index (χ2n) is 5.90. The molecule has 0 spiro atoms. The third-order valence-electron chi connectivity index (χ3n) is 3.66. The predicted octanol–water partition coefficient (Wildman–Crippen LogP) is 1.54. The normalized spacial score (nSPS) is 18.1. The Hall–Kier alpha value is -0.660. The van der Waals surface area contributed by atoms with Gasteiger partial charge in [-0.1, -0.05) is 33.1 Å². The topological polar surface area (TPSA) is 77.9 Å². The molecule has 0 unspecified atom stereocenters. The molecule has 20 heavy (non-hydrogen) atoms. The molecule has 0 atom stereocenters. The number of carboxylic acid groups (broad SMARTS) is 1. The molecule has 7 heteroatoms. The van der Waals surface area contributed by atoms with E-state index in [9.17, 15) is 13.2 Å². The van der Waals surface area contributed by atoms with Crippen LogP contribution in [0.15, 0.2) is 0 Å². The Morgan fingerprint density at radius 1 is 1.25 bits per heavy atom. The second-order valence-corrected chi connectivity index (χ2v) is 7.88. The van der Waals surface area contributed by atoms with Gasteiger partial charge in [0.25, 0.3) is 10.2 Å². The summed E-state index contributed by atoms with van der Waals surface area (Å²) in [5.41, 5.74) is 0. The standard InChI is InChI=1S/C13H26N2O4S/c1-11(2)9-15(10-13(16)17)20(18,19)14(3)12-7-5-4-6-8-12/h11-12H,4-10H2,1-3H3,(H,16,17). The predicted molar refractivity (Wildman–Crippen MR) is 77.6 cm³/mol. The molecule has 0 heterocycles. The number of hydrogen-bond acceptors (Lipinski definition) is 3. The summed E-state index contributed by atoms with van der Waals surface area (Å²) in [5, 5.41) is 8.93. The van der Waals surface area contributed by atoms with E-state index in [-0.39, 0.29) is 18.5 Å². The van der Waals surface area contributed by atoms with Crippen molar-refractivity contribution in [1.82, 2.24) is 8.61 Å². The first kappa shape index (κ1) is 17.4. The Morgan fingerprint density at radius 3 is 2.25 bits per heavy atom. The van der Waals surface area contributed by atoms with Crippen molar-refractivity contribution in [3.05, 3.63) is 0 Å². The molecule has 1 fully saturated rings. The van der Waals surface area contributed by atoms with Crippen LogP contribution in [0.1, 0.15) is 46.0 Å². The molecule has 0 aromatic carbocycles. The Balaban J connectivity index is 2.86. The zero-order valence-electron chi connectivity index (χ0n) is 12.6. The van der Waals surface area contributed by atoms with Gasteiger partial charge in [-0.25, -0.2) is 0 Å². The summed E-state index contributed by atoms with van der Waals surface area (Å²) in [5.74, 6) is -1.03. The molecule has 0 radical (unpaired) electrons. The molecule has 0 amide bonds. The maximum Gasteiger partial charge on any atom is 0.318 e. The van der Waals surface area contributed by atoms with Gasteiger partial charge in [0, 0.05) is 19.6 Å². The summed E-state index contributed by atoms with van der Waals surface area (Å²) in [6.07, 6.45) is 4.94. The first-order chi connectivity index (χ1) is 9.25. The highest BCUT2D eigenvalue weighted by Crippen LogP contribution is 2.25. The molecule has 0 aromatic rings. The summed E-state index contributed by atoms with van der Waals surface area (Å²) >= 11 is 0. The highest BCUT2D eigenvalue weighted by Gasteiger charge is 2.34. The lowest BCUT2D eigenvalue weighted by atomic mass is 9.96. The van der Waals surface area contributed by atoms with Gasteiger partial charge in [-0.3, -0.25) is 4.79 Å². The number of nitrogens with zero attached hydrogens (tertiary/aromatic N) is 2. The molecule has 1 saturated carbocycles. The fraction of sp³-hybridized carbons (Fsp3) is 0.923. The molecule has 1 rings (SSSR count). The summed E-state index contributed by atoms with van der Waals surface area (Å²) in [4.78, 5) is 10.9. The van der Waals surface area contributed by atoms with Crippen molar-refractivity contribution in [2.24, 2.45) is 5.92 Å². The van der Waals surface area contributed by atoms with E-state index in [2.05, 4.69) is 0 Å². The van der Waals surface area contributed by atoms with Crippen molar-refractivity contribution in [3.8, 4) is 0 Å². The van der Waals surface area contributed by atoms with Crippen LogP contribution in [0.4, 0.5) is 0 Å². The van der Waals surface area contributed by atoms with E-state index >= 15 is 0 Å². The van der Waals surface area contributed by atoms with Crippen LogP contribution in [-0.4, -0.2) is 54.3 Å². The largest absolute Gasteiger partial charge is 0.480 e. The van der Waals surface area contributed by atoms with E-state index in [1.54, 1.807) is 7.05 Å². The van der Waals surface area contributed by atoms with E-state index in [4.69, 9.17) is 5.11 Å². The van der Waals surface area contributed by atoms with Crippen LogP contribution in [0.5, 0.6) is 0 Å². The minimum atomic E-state index is -3.70. The fourth-order valence-electron chi connectivity index (χ4n) is 2.61. The third-order valence-corrected chi connectivity index (χ3v) is 5.62. The van der Waals surface area contributed by atoms with E-state index in [0.717, 1.165) is 36.4 Å². The monoisotopic (exact) mass is 306 g/mol. The van der Waals surface area contributed by atoms with Crippen molar-refractivity contribution in [2.75, 3.05) is 20.1 Å². The van der Waals surface area contributed by atoms with Gasteiger partial charge in [-0.15, -0.1) is 0 Å². The summed E-state index contributed by atoms with van der Waals surface area (Å²) in [6, 6.07) is -0.00259. The van der Waals surface area contributed by atoms with Gasteiger partial charge in [-0.05, 0) is 18.8 Å². The van der Waals surface area contributed by atoms with Crippen LogP contribution in [0, 0.1) is 5.92 Å². The maximum absolute atomic E-state index is 12.6. The molecule has 0 saturated heterocycles. The van der Waals surface area contributed by atoms with Crippen molar-refractivity contribution in [3.63, 3.8) is 0 Å². The van der Waals surface area contributed by atoms with Gasteiger partial charge in [0.2, 0.25) is 0 Å². The van der Waals surface area contributed by atoms with E-state index in [0.29, 0.717) is 0 Å². The molecule has 0 aromatic heterocycles. The Morgan fingerprint density at radius 2 is 1.80 bits per heavy atom. The van der Waals surface area contributed by atoms with E-state index in [1.807, 2.05) is 13.8 Å². The van der Waals surface area contributed by atoms with Crippen LogP contribution in [-0.2, 0) is 15.0 Å². The highest BCUT2D eigenvalue weighted by molar-refractivity contribution is 7.86. The zero-order chi connectivity index (χ0) is 15.3. The molecule has 1 aliphatic rings. The first-order valence-electron chi connectivity index (χ1n) is 7.20. The molecule has 118 valence electrons. The van der Waals surface area contributed by atoms with Crippen molar-refractivity contribution < 1.29 is 18.3 Å². The van der Waals surface area contributed by atoms with Gasteiger partial charge < -0.3 is 5.11 Å². The molecule has 0 bridgehead atoms. The average Bonchev–Trinajstić information content (AvgIpc) is 2.37. The minimum Gasteiger partial charge on any atom is -0.480 e. The third kappa shape index (κ3) is 4.71. The number of aliphatic carboxylic acids is 1. The van der Waals surface area contributed by atoms with Crippen LogP contribution in [0.25, 0.3) is 0 Å². The SMILES string of the molecule is CC(C)CN(CC(=O)O)S(=O)(=O)N(C)C1CCCCC1. The molecular formula is C13H26N2O4S. The maximum atomic E-state index is 12.6. The van der Waals surface area contributed by atoms with Gasteiger partial charge in [0.05, 0.1) is 0 Å². The van der Waals surface area contributed by atoms with Crippen LogP contribution < -0.4 is 0 Å². The molecule has 1 N–H and O–H groups in total. The minimum absolute atomic E-state index is 0.00259. The van der Waals surface area contributed by atoms with Crippen LogP contribution in [0.2, 0.25) is 0 Å². The molecule has 0 aliphatic heterocycles. The molecule has 6 nitrogen and oxygen atoms in total.